The van der Waals surface area contributed by atoms with E-state index in [0.29, 0.717) is 19.6 Å². The number of halogens is 2. The Balaban J connectivity index is 0.00000162. The zero-order valence-electron chi connectivity index (χ0n) is 9.78. The molecule has 1 aliphatic heterocycles. The van der Waals surface area contributed by atoms with E-state index in [2.05, 4.69) is 10.6 Å². The van der Waals surface area contributed by atoms with Gasteiger partial charge in [0.25, 0.3) is 0 Å². The molecule has 0 saturated carbocycles. The molecule has 1 amide bonds. The molecule has 1 unspecified atom stereocenters. The van der Waals surface area contributed by atoms with Gasteiger partial charge in [0.15, 0.2) is 0 Å². The molecule has 1 fully saturated rings. The molecule has 2 rings (SSSR count). The highest BCUT2D eigenvalue weighted by Gasteiger charge is 2.16. The minimum Gasteiger partial charge on any atom is -0.378 e. The second-order valence-electron chi connectivity index (χ2n) is 3.91. The van der Waals surface area contributed by atoms with Crippen LogP contribution in [0.4, 0.5) is 0 Å². The van der Waals surface area contributed by atoms with Gasteiger partial charge in [-0.1, -0.05) is 11.6 Å². The summed E-state index contributed by atoms with van der Waals surface area (Å²) in [6.45, 7) is 2.70. The minimum absolute atomic E-state index is 0. The number of rotatable bonds is 4. The van der Waals surface area contributed by atoms with Gasteiger partial charge in [0.05, 0.1) is 24.1 Å². The maximum absolute atomic E-state index is 11.7. The summed E-state index contributed by atoms with van der Waals surface area (Å²) in [4.78, 5) is 12.7. The highest BCUT2D eigenvalue weighted by molar-refractivity contribution is 7.16. The fourth-order valence-corrected chi connectivity index (χ4v) is 2.71. The van der Waals surface area contributed by atoms with Crippen molar-refractivity contribution in [1.82, 2.24) is 10.6 Å². The Morgan fingerprint density at radius 1 is 1.61 bits per heavy atom. The third kappa shape index (κ3) is 5.12. The first-order valence-corrected chi connectivity index (χ1v) is 6.75. The standard InChI is InChI=1S/C11H15ClN2O2S.ClH/c12-10-2-1-9(17-10)6-14-11(15)5-8-7-16-4-3-13-8;/h1-2,8,13H,3-7H2,(H,14,15);1H. The van der Waals surface area contributed by atoms with E-state index in [9.17, 15) is 4.79 Å². The van der Waals surface area contributed by atoms with Crippen molar-refractivity contribution >= 4 is 41.3 Å². The molecule has 7 heteroatoms. The van der Waals surface area contributed by atoms with Crippen molar-refractivity contribution in [2.24, 2.45) is 0 Å². The van der Waals surface area contributed by atoms with E-state index in [1.165, 1.54) is 11.3 Å². The summed E-state index contributed by atoms with van der Waals surface area (Å²) in [5.74, 6) is 0.0394. The van der Waals surface area contributed by atoms with Crippen LogP contribution in [0.2, 0.25) is 4.34 Å². The van der Waals surface area contributed by atoms with Crippen LogP contribution in [-0.4, -0.2) is 31.7 Å². The Bertz CT molecular complexity index is 381. The molecule has 1 saturated heterocycles. The zero-order chi connectivity index (χ0) is 12.1. The highest BCUT2D eigenvalue weighted by atomic mass is 35.5. The molecule has 2 heterocycles. The largest absolute Gasteiger partial charge is 0.378 e. The van der Waals surface area contributed by atoms with Crippen molar-refractivity contribution in [1.29, 1.82) is 0 Å². The van der Waals surface area contributed by atoms with Crippen LogP contribution >= 0.6 is 35.3 Å². The van der Waals surface area contributed by atoms with Crippen LogP contribution in [0.1, 0.15) is 11.3 Å². The molecule has 2 N–H and O–H groups in total. The Morgan fingerprint density at radius 3 is 3.06 bits per heavy atom. The first-order chi connectivity index (χ1) is 8.24. The number of ether oxygens (including phenoxy) is 1. The lowest BCUT2D eigenvalue weighted by molar-refractivity contribution is -0.122. The number of nitrogens with one attached hydrogen (secondary N) is 2. The molecule has 102 valence electrons. The van der Waals surface area contributed by atoms with Crippen molar-refractivity contribution in [2.45, 2.75) is 19.0 Å². The number of amides is 1. The number of hydrogen-bond donors (Lipinski definition) is 2. The topological polar surface area (TPSA) is 50.4 Å². The molecular weight excluding hydrogens is 295 g/mol. The molecular formula is C11H16Cl2N2O2S. The van der Waals surface area contributed by atoms with E-state index in [1.54, 1.807) is 0 Å². The molecule has 0 aliphatic carbocycles. The Hall–Kier alpha value is -0.330. The van der Waals surface area contributed by atoms with Crippen LogP contribution in [-0.2, 0) is 16.1 Å². The maximum Gasteiger partial charge on any atom is 0.221 e. The number of morpholine rings is 1. The van der Waals surface area contributed by atoms with Crippen molar-refractivity contribution < 1.29 is 9.53 Å². The second kappa shape index (κ2) is 7.96. The molecule has 1 atom stereocenters. The average Bonchev–Trinajstić information content (AvgIpc) is 2.74. The van der Waals surface area contributed by atoms with Crippen molar-refractivity contribution in [3.8, 4) is 0 Å². The van der Waals surface area contributed by atoms with Gasteiger partial charge < -0.3 is 15.4 Å². The molecule has 0 aromatic carbocycles. The van der Waals surface area contributed by atoms with Crippen LogP contribution in [0, 0.1) is 0 Å². The molecule has 1 aromatic heterocycles. The Morgan fingerprint density at radius 2 is 2.44 bits per heavy atom. The summed E-state index contributed by atoms with van der Waals surface area (Å²) in [6.07, 6.45) is 0.457. The summed E-state index contributed by atoms with van der Waals surface area (Å²) < 4.78 is 6.04. The molecule has 0 spiro atoms. The first-order valence-electron chi connectivity index (χ1n) is 5.56. The van der Waals surface area contributed by atoms with Crippen molar-refractivity contribution in [2.75, 3.05) is 19.8 Å². The number of carbonyl (C=O) groups excluding carboxylic acids is 1. The van der Waals surface area contributed by atoms with Crippen LogP contribution in [0.3, 0.4) is 0 Å². The van der Waals surface area contributed by atoms with E-state index in [1.807, 2.05) is 12.1 Å². The van der Waals surface area contributed by atoms with E-state index in [4.69, 9.17) is 16.3 Å². The van der Waals surface area contributed by atoms with E-state index in [-0.39, 0.29) is 24.4 Å². The summed E-state index contributed by atoms with van der Waals surface area (Å²) in [5.41, 5.74) is 0. The van der Waals surface area contributed by atoms with Gasteiger partial charge in [-0.2, -0.15) is 0 Å². The van der Waals surface area contributed by atoms with Crippen molar-refractivity contribution in [3.05, 3.63) is 21.3 Å². The fourth-order valence-electron chi connectivity index (χ4n) is 1.68. The van der Waals surface area contributed by atoms with E-state index < -0.39 is 0 Å². The molecule has 1 aromatic rings. The molecule has 1 aliphatic rings. The fraction of sp³-hybridized carbons (Fsp3) is 0.545. The summed E-state index contributed by atoms with van der Waals surface area (Å²) in [5, 5.41) is 6.12. The normalized spacial score (nSPS) is 19.1. The minimum atomic E-state index is 0. The van der Waals surface area contributed by atoms with Gasteiger partial charge in [0.1, 0.15) is 0 Å². The summed E-state index contributed by atoms with van der Waals surface area (Å²) >= 11 is 7.30. The highest BCUT2D eigenvalue weighted by Crippen LogP contribution is 2.20. The predicted octanol–water partition coefficient (Wildman–Crippen LogP) is 1.82. The quantitative estimate of drug-likeness (QED) is 0.892. The smallest absolute Gasteiger partial charge is 0.221 e. The van der Waals surface area contributed by atoms with Gasteiger partial charge in [-0.3, -0.25) is 4.79 Å². The average molecular weight is 311 g/mol. The molecule has 0 bridgehead atoms. The third-order valence-electron chi connectivity index (χ3n) is 2.52. The third-order valence-corrected chi connectivity index (χ3v) is 3.75. The van der Waals surface area contributed by atoms with Gasteiger partial charge in [-0.05, 0) is 12.1 Å². The summed E-state index contributed by atoms with van der Waals surface area (Å²) in [6, 6.07) is 3.90. The van der Waals surface area contributed by atoms with Gasteiger partial charge in [0, 0.05) is 23.9 Å². The summed E-state index contributed by atoms with van der Waals surface area (Å²) in [7, 11) is 0. The van der Waals surface area contributed by atoms with Gasteiger partial charge in [0.2, 0.25) is 5.91 Å². The molecule has 18 heavy (non-hydrogen) atoms. The van der Waals surface area contributed by atoms with E-state index in [0.717, 1.165) is 22.4 Å². The molecule has 4 nitrogen and oxygen atoms in total. The SMILES string of the molecule is Cl.O=C(CC1COCCN1)NCc1ccc(Cl)s1. The van der Waals surface area contributed by atoms with Crippen LogP contribution in [0.5, 0.6) is 0 Å². The lowest BCUT2D eigenvalue weighted by atomic mass is 10.2. The van der Waals surface area contributed by atoms with E-state index >= 15 is 0 Å². The Labute approximate surface area is 121 Å². The van der Waals surface area contributed by atoms with Crippen LogP contribution < -0.4 is 10.6 Å². The molecule has 0 radical (unpaired) electrons. The van der Waals surface area contributed by atoms with Crippen molar-refractivity contribution in [3.63, 3.8) is 0 Å². The van der Waals surface area contributed by atoms with Gasteiger partial charge in [-0.15, -0.1) is 23.7 Å². The number of thiophene rings is 1. The maximum atomic E-state index is 11.7. The lowest BCUT2D eigenvalue weighted by Gasteiger charge is -2.23. The zero-order valence-corrected chi connectivity index (χ0v) is 12.2. The number of hydrogen-bond acceptors (Lipinski definition) is 4. The lowest BCUT2D eigenvalue weighted by Crippen LogP contribution is -2.44. The van der Waals surface area contributed by atoms with Crippen LogP contribution in [0.25, 0.3) is 0 Å². The monoisotopic (exact) mass is 310 g/mol. The number of carbonyl (C=O) groups is 1. The predicted molar refractivity (Wildman–Crippen MR) is 75.7 cm³/mol. The first kappa shape index (κ1) is 15.7. The van der Waals surface area contributed by atoms with Gasteiger partial charge >= 0.3 is 0 Å². The van der Waals surface area contributed by atoms with Crippen LogP contribution in [0.15, 0.2) is 12.1 Å². The second-order valence-corrected chi connectivity index (χ2v) is 5.71. The van der Waals surface area contributed by atoms with Gasteiger partial charge in [-0.25, -0.2) is 0 Å². The Kier molecular flexibility index (Phi) is 6.96.